The number of hydrogen-bond acceptors (Lipinski definition) is 3. The molecule has 0 saturated heterocycles. The molecular weight excluding hydrogens is 266 g/mol. The van der Waals surface area contributed by atoms with Gasteiger partial charge in [-0.1, -0.05) is 0 Å². The topological polar surface area (TPSA) is 77.9 Å². The van der Waals surface area contributed by atoms with Gasteiger partial charge in [0.1, 0.15) is 5.69 Å². The molecule has 3 N–H and O–H groups in total. The molecule has 0 spiro atoms. The summed E-state index contributed by atoms with van der Waals surface area (Å²) in [6, 6.07) is 1.95. The van der Waals surface area contributed by atoms with Crippen LogP contribution in [0.5, 0.6) is 0 Å². The third-order valence-corrected chi connectivity index (χ3v) is 3.54. The van der Waals surface area contributed by atoms with Crippen molar-refractivity contribution in [2.75, 3.05) is 11.1 Å². The van der Waals surface area contributed by atoms with Gasteiger partial charge in [0.05, 0.1) is 22.8 Å². The Kier molecular flexibility index (Phi) is 4.06. The van der Waals surface area contributed by atoms with Gasteiger partial charge < -0.3 is 15.6 Å². The third kappa shape index (κ3) is 2.79. The normalized spacial score (nSPS) is 11.1. The van der Waals surface area contributed by atoms with Gasteiger partial charge in [-0.3, -0.25) is 9.48 Å². The molecule has 0 aliphatic rings. The maximum atomic E-state index is 12.5. The number of hydrogen-bond donors (Lipinski definition) is 2. The molecule has 0 unspecified atom stereocenters. The van der Waals surface area contributed by atoms with Crippen LogP contribution in [0.25, 0.3) is 0 Å². The minimum atomic E-state index is -0.164. The van der Waals surface area contributed by atoms with E-state index >= 15 is 0 Å². The number of nitrogens with zero attached hydrogens (tertiary/aromatic N) is 3. The fourth-order valence-electron chi connectivity index (χ4n) is 2.51. The molecule has 6 heteroatoms. The number of anilines is 2. The van der Waals surface area contributed by atoms with E-state index in [0.29, 0.717) is 17.9 Å². The van der Waals surface area contributed by atoms with Gasteiger partial charge in [-0.05, 0) is 40.7 Å². The van der Waals surface area contributed by atoms with Crippen molar-refractivity contribution in [3.8, 4) is 0 Å². The number of carbonyl (C=O) groups is 1. The second-order valence-electron chi connectivity index (χ2n) is 5.48. The number of nitrogens with one attached hydrogen (secondary N) is 1. The summed E-state index contributed by atoms with van der Waals surface area (Å²) in [5, 5.41) is 7.43. The van der Waals surface area contributed by atoms with Gasteiger partial charge in [0.25, 0.3) is 5.91 Å². The van der Waals surface area contributed by atoms with Crippen LogP contribution in [0.1, 0.15) is 48.7 Å². The van der Waals surface area contributed by atoms with E-state index in [0.717, 1.165) is 17.1 Å². The molecule has 6 nitrogen and oxygen atoms in total. The van der Waals surface area contributed by atoms with Crippen molar-refractivity contribution in [1.29, 1.82) is 0 Å². The average molecular weight is 289 g/mol. The van der Waals surface area contributed by atoms with Crippen molar-refractivity contribution < 1.29 is 4.79 Å². The number of aryl methyl sites for hydroxylation is 2. The molecule has 0 bridgehead atoms. The molecule has 0 radical (unpaired) electrons. The van der Waals surface area contributed by atoms with Gasteiger partial charge in [0.2, 0.25) is 0 Å². The lowest BCUT2D eigenvalue weighted by Gasteiger charge is -2.10. The highest BCUT2D eigenvalue weighted by molar-refractivity contribution is 6.04. The van der Waals surface area contributed by atoms with Crippen LogP contribution in [0.4, 0.5) is 11.4 Å². The van der Waals surface area contributed by atoms with Crippen molar-refractivity contribution in [2.45, 2.75) is 47.2 Å². The monoisotopic (exact) mass is 289 g/mol. The van der Waals surface area contributed by atoms with Gasteiger partial charge in [-0.2, -0.15) is 5.10 Å². The summed E-state index contributed by atoms with van der Waals surface area (Å²) in [5.74, 6) is -0.164. The van der Waals surface area contributed by atoms with Crippen molar-refractivity contribution in [3.63, 3.8) is 0 Å². The third-order valence-electron chi connectivity index (χ3n) is 3.54. The number of nitrogens with two attached hydrogens (primary N) is 1. The zero-order chi connectivity index (χ0) is 15.7. The maximum absolute atomic E-state index is 12.5. The van der Waals surface area contributed by atoms with Crippen molar-refractivity contribution in [3.05, 3.63) is 29.3 Å². The van der Waals surface area contributed by atoms with Crippen LogP contribution in [-0.2, 0) is 6.54 Å². The summed E-state index contributed by atoms with van der Waals surface area (Å²) in [6.07, 6.45) is 1.77. The number of nitrogen functional groups attached to an aromatic ring is 1. The molecule has 2 aromatic rings. The minimum absolute atomic E-state index is 0.164. The molecule has 2 rings (SSSR count). The van der Waals surface area contributed by atoms with Gasteiger partial charge >= 0.3 is 0 Å². The number of amides is 1. The molecule has 114 valence electrons. The first kappa shape index (κ1) is 15.2. The van der Waals surface area contributed by atoms with Crippen LogP contribution in [0.15, 0.2) is 12.3 Å². The predicted molar refractivity (Wildman–Crippen MR) is 84.6 cm³/mol. The summed E-state index contributed by atoms with van der Waals surface area (Å²) in [6.45, 7) is 10.7. The fourth-order valence-corrected chi connectivity index (χ4v) is 2.51. The Labute approximate surface area is 124 Å². The summed E-state index contributed by atoms with van der Waals surface area (Å²) in [4.78, 5) is 12.5. The fraction of sp³-hybridized carbons (Fsp3) is 0.467. The van der Waals surface area contributed by atoms with Gasteiger partial charge in [0.15, 0.2) is 0 Å². The van der Waals surface area contributed by atoms with E-state index in [4.69, 9.17) is 5.73 Å². The molecule has 2 heterocycles. The largest absolute Gasteiger partial charge is 0.397 e. The average Bonchev–Trinajstić information content (AvgIpc) is 2.93. The molecule has 1 amide bonds. The Hall–Kier alpha value is -2.24. The van der Waals surface area contributed by atoms with E-state index in [-0.39, 0.29) is 11.9 Å². The van der Waals surface area contributed by atoms with Crippen LogP contribution in [0.3, 0.4) is 0 Å². The number of carbonyl (C=O) groups excluding carboxylic acids is 1. The quantitative estimate of drug-likeness (QED) is 0.908. The van der Waals surface area contributed by atoms with Gasteiger partial charge in [-0.15, -0.1) is 0 Å². The molecule has 2 aromatic heterocycles. The summed E-state index contributed by atoms with van der Waals surface area (Å²) in [7, 11) is 0. The first-order valence-corrected chi connectivity index (χ1v) is 7.17. The van der Waals surface area contributed by atoms with Crippen LogP contribution < -0.4 is 11.1 Å². The smallest absolute Gasteiger partial charge is 0.272 e. The second-order valence-corrected chi connectivity index (χ2v) is 5.48. The highest BCUT2D eigenvalue weighted by Crippen LogP contribution is 2.23. The molecule has 0 fully saturated rings. The zero-order valence-electron chi connectivity index (χ0n) is 13.3. The Morgan fingerprint density at radius 2 is 2.10 bits per heavy atom. The first-order chi connectivity index (χ1) is 9.85. The summed E-state index contributed by atoms with van der Waals surface area (Å²) >= 11 is 0. The molecule has 0 saturated carbocycles. The first-order valence-electron chi connectivity index (χ1n) is 7.17. The molecular formula is C15H23N5O. The lowest BCUT2D eigenvalue weighted by Crippen LogP contribution is -2.17. The Morgan fingerprint density at radius 1 is 1.43 bits per heavy atom. The number of aromatic nitrogens is 3. The van der Waals surface area contributed by atoms with E-state index in [1.807, 2.05) is 30.0 Å². The SMILES string of the molecule is CCn1cc(N)cc1C(=O)Nc1c(C)nn(C(C)C)c1C. The predicted octanol–water partition coefficient (Wildman–Crippen LogP) is 2.74. The van der Waals surface area contributed by atoms with Crippen molar-refractivity contribution in [2.24, 2.45) is 0 Å². The van der Waals surface area contributed by atoms with Crippen molar-refractivity contribution >= 4 is 17.3 Å². The Balaban J connectivity index is 2.32. The van der Waals surface area contributed by atoms with Gasteiger partial charge in [-0.25, -0.2) is 0 Å². The summed E-state index contributed by atoms with van der Waals surface area (Å²) < 4.78 is 3.75. The lowest BCUT2D eigenvalue weighted by molar-refractivity contribution is 0.101. The Bertz CT molecular complexity index is 666. The molecule has 0 aliphatic heterocycles. The molecule has 0 aromatic carbocycles. The number of rotatable bonds is 4. The molecule has 21 heavy (non-hydrogen) atoms. The van der Waals surface area contributed by atoms with E-state index in [9.17, 15) is 4.79 Å². The lowest BCUT2D eigenvalue weighted by atomic mass is 10.2. The van der Waals surface area contributed by atoms with E-state index < -0.39 is 0 Å². The van der Waals surface area contributed by atoms with E-state index in [2.05, 4.69) is 24.3 Å². The zero-order valence-corrected chi connectivity index (χ0v) is 13.3. The van der Waals surface area contributed by atoms with Crippen LogP contribution in [0, 0.1) is 13.8 Å². The highest BCUT2D eigenvalue weighted by atomic mass is 16.2. The Morgan fingerprint density at radius 3 is 2.62 bits per heavy atom. The standard InChI is InChI=1S/C15H23N5O/c1-6-19-8-12(16)7-13(19)15(21)17-14-10(4)18-20(9(2)3)11(14)5/h7-9H,6,16H2,1-5H3,(H,17,21). The minimum Gasteiger partial charge on any atom is -0.397 e. The van der Waals surface area contributed by atoms with Gasteiger partial charge in [0, 0.05) is 18.8 Å². The van der Waals surface area contributed by atoms with Crippen LogP contribution in [0.2, 0.25) is 0 Å². The second kappa shape index (κ2) is 5.63. The molecule has 0 atom stereocenters. The molecule has 0 aliphatic carbocycles. The van der Waals surface area contributed by atoms with Crippen LogP contribution >= 0.6 is 0 Å². The maximum Gasteiger partial charge on any atom is 0.272 e. The van der Waals surface area contributed by atoms with Crippen LogP contribution in [-0.4, -0.2) is 20.3 Å². The highest BCUT2D eigenvalue weighted by Gasteiger charge is 2.18. The summed E-state index contributed by atoms with van der Waals surface area (Å²) in [5.41, 5.74) is 9.47. The van der Waals surface area contributed by atoms with Crippen molar-refractivity contribution in [1.82, 2.24) is 14.3 Å². The van der Waals surface area contributed by atoms with E-state index in [1.54, 1.807) is 12.3 Å². The van der Waals surface area contributed by atoms with E-state index in [1.165, 1.54) is 0 Å².